The van der Waals surface area contributed by atoms with Gasteiger partial charge in [0.25, 0.3) is 0 Å². The number of aromatic amines is 1. The Labute approximate surface area is 104 Å². The van der Waals surface area contributed by atoms with Crippen molar-refractivity contribution in [1.29, 1.82) is 5.41 Å². The Morgan fingerprint density at radius 3 is 3.06 bits per heavy atom. The Balaban J connectivity index is 2.18. The lowest BCUT2D eigenvalue weighted by molar-refractivity contribution is -0.119. The third kappa shape index (κ3) is 2.53. The highest BCUT2D eigenvalue weighted by Gasteiger charge is 2.13. The Hall–Kier alpha value is -2.24. The topological polar surface area (TPSA) is 94.5 Å². The number of fused-ring (bicyclic) bond motifs is 1. The van der Waals surface area contributed by atoms with Crippen molar-refractivity contribution in [1.82, 2.24) is 20.3 Å². The van der Waals surface area contributed by atoms with Crippen LogP contribution >= 0.6 is 0 Å². The van der Waals surface area contributed by atoms with Crippen LogP contribution in [-0.4, -0.2) is 32.6 Å². The largest absolute Gasteiger partial charge is 0.354 e. The van der Waals surface area contributed by atoms with Crippen molar-refractivity contribution in [2.75, 3.05) is 0 Å². The average molecular weight is 245 g/mol. The third-order valence-corrected chi connectivity index (χ3v) is 2.60. The first kappa shape index (κ1) is 12.2. The summed E-state index contributed by atoms with van der Waals surface area (Å²) in [7, 11) is 0. The molecule has 0 aromatic carbocycles. The van der Waals surface area contributed by atoms with Crippen molar-refractivity contribution in [2.45, 2.75) is 26.3 Å². The number of hydrogen-bond acceptors (Lipinski definition) is 4. The predicted octanol–water partition coefficient (Wildman–Crippen LogP) is 1.24. The van der Waals surface area contributed by atoms with E-state index in [0.29, 0.717) is 17.8 Å². The van der Waals surface area contributed by atoms with E-state index in [0.717, 1.165) is 11.0 Å². The van der Waals surface area contributed by atoms with E-state index in [-0.39, 0.29) is 11.9 Å². The molecular weight excluding hydrogens is 230 g/mol. The highest BCUT2D eigenvalue weighted by Crippen LogP contribution is 2.14. The molecule has 18 heavy (non-hydrogen) atoms. The highest BCUT2D eigenvalue weighted by atomic mass is 16.1. The first-order valence-corrected chi connectivity index (χ1v) is 5.71. The zero-order chi connectivity index (χ0) is 13.1. The molecule has 0 spiro atoms. The Morgan fingerprint density at radius 1 is 1.56 bits per heavy atom. The first-order valence-electron chi connectivity index (χ1n) is 5.71. The van der Waals surface area contributed by atoms with E-state index in [1.807, 2.05) is 13.0 Å². The molecule has 2 aromatic rings. The van der Waals surface area contributed by atoms with E-state index in [9.17, 15) is 4.79 Å². The van der Waals surface area contributed by atoms with Gasteiger partial charge >= 0.3 is 0 Å². The fourth-order valence-electron chi connectivity index (χ4n) is 1.91. The summed E-state index contributed by atoms with van der Waals surface area (Å²) in [6, 6.07) is 1.77. The lowest BCUT2D eigenvalue weighted by Gasteiger charge is -2.12. The summed E-state index contributed by atoms with van der Waals surface area (Å²) in [5.74, 6) is -0.0928. The maximum absolute atomic E-state index is 10.9. The third-order valence-electron chi connectivity index (χ3n) is 2.60. The zero-order valence-corrected chi connectivity index (χ0v) is 10.3. The minimum absolute atomic E-state index is 0.0843. The summed E-state index contributed by atoms with van der Waals surface area (Å²) in [4.78, 5) is 22.1. The smallest absolute Gasteiger partial charge is 0.217 e. The van der Waals surface area contributed by atoms with Crippen molar-refractivity contribution in [3.63, 3.8) is 0 Å². The Morgan fingerprint density at radius 2 is 2.33 bits per heavy atom. The van der Waals surface area contributed by atoms with Gasteiger partial charge in [0.15, 0.2) is 0 Å². The van der Waals surface area contributed by atoms with E-state index in [1.165, 1.54) is 13.3 Å². The lowest BCUT2D eigenvalue weighted by atomic mass is 10.1. The van der Waals surface area contributed by atoms with Crippen LogP contribution in [0.2, 0.25) is 0 Å². The highest BCUT2D eigenvalue weighted by molar-refractivity contribution is 6.06. The molecule has 0 fully saturated rings. The van der Waals surface area contributed by atoms with E-state index in [1.54, 1.807) is 6.20 Å². The van der Waals surface area contributed by atoms with Crippen LogP contribution in [0.1, 0.15) is 26.0 Å². The van der Waals surface area contributed by atoms with Gasteiger partial charge in [-0.15, -0.1) is 0 Å². The molecule has 2 heterocycles. The van der Waals surface area contributed by atoms with E-state index >= 15 is 0 Å². The maximum Gasteiger partial charge on any atom is 0.217 e. The van der Waals surface area contributed by atoms with Crippen LogP contribution in [0.3, 0.4) is 0 Å². The summed E-state index contributed by atoms with van der Waals surface area (Å²) >= 11 is 0. The molecule has 0 aliphatic heterocycles. The van der Waals surface area contributed by atoms with E-state index < -0.39 is 0 Å². The molecule has 0 saturated heterocycles. The molecule has 1 amide bonds. The van der Waals surface area contributed by atoms with Crippen molar-refractivity contribution < 1.29 is 4.79 Å². The number of nitrogens with one attached hydrogen (secondary N) is 3. The van der Waals surface area contributed by atoms with Crippen LogP contribution < -0.4 is 5.32 Å². The molecule has 3 N–H and O–H groups in total. The van der Waals surface area contributed by atoms with E-state index in [2.05, 4.69) is 20.3 Å². The fourth-order valence-corrected chi connectivity index (χ4v) is 1.91. The second-order valence-electron chi connectivity index (χ2n) is 4.25. The number of rotatable bonds is 4. The van der Waals surface area contributed by atoms with Gasteiger partial charge in [0.1, 0.15) is 12.0 Å². The molecule has 6 heteroatoms. The number of aromatic nitrogens is 3. The second-order valence-corrected chi connectivity index (χ2v) is 4.25. The predicted molar refractivity (Wildman–Crippen MR) is 68.6 cm³/mol. The minimum atomic E-state index is -0.0928. The lowest BCUT2D eigenvalue weighted by Crippen LogP contribution is -2.32. The molecule has 1 atom stereocenters. The molecule has 94 valence electrons. The van der Waals surface area contributed by atoms with Crippen molar-refractivity contribution in [3.05, 3.63) is 24.3 Å². The van der Waals surface area contributed by atoms with Gasteiger partial charge in [-0.1, -0.05) is 0 Å². The van der Waals surface area contributed by atoms with Crippen LogP contribution in [-0.2, 0) is 4.79 Å². The van der Waals surface area contributed by atoms with Crippen molar-refractivity contribution in [3.8, 4) is 0 Å². The van der Waals surface area contributed by atoms with Crippen LogP contribution in [0.15, 0.2) is 18.6 Å². The number of nitrogens with zero attached hydrogens (tertiary/aromatic N) is 2. The van der Waals surface area contributed by atoms with Gasteiger partial charge < -0.3 is 15.7 Å². The van der Waals surface area contributed by atoms with Gasteiger partial charge in [-0.2, -0.15) is 0 Å². The quantitative estimate of drug-likeness (QED) is 0.707. The number of carbonyl (C=O) groups is 1. The monoisotopic (exact) mass is 245 g/mol. The molecule has 0 saturated carbocycles. The van der Waals surface area contributed by atoms with Gasteiger partial charge in [0.2, 0.25) is 5.91 Å². The number of hydrogen-bond donors (Lipinski definition) is 3. The molecule has 0 bridgehead atoms. The van der Waals surface area contributed by atoms with Crippen molar-refractivity contribution in [2.24, 2.45) is 0 Å². The Kier molecular flexibility index (Phi) is 3.36. The Bertz CT molecular complexity index is 589. The summed E-state index contributed by atoms with van der Waals surface area (Å²) in [6.45, 7) is 3.33. The van der Waals surface area contributed by atoms with Gasteiger partial charge in [-0.25, -0.2) is 9.97 Å². The SMILES string of the molecule is CC(=O)NC(C)CC(=N)c1ncnc2[nH]ccc12. The molecule has 0 aliphatic rings. The zero-order valence-electron chi connectivity index (χ0n) is 10.3. The van der Waals surface area contributed by atoms with Crippen LogP contribution in [0.25, 0.3) is 11.0 Å². The maximum atomic E-state index is 10.9. The molecule has 6 nitrogen and oxygen atoms in total. The minimum Gasteiger partial charge on any atom is -0.354 e. The summed E-state index contributed by atoms with van der Waals surface area (Å²) in [5.41, 5.74) is 1.72. The standard InChI is InChI=1S/C12H15N5O/c1-7(17-8(2)18)5-10(13)11-9-3-4-14-12(9)16-6-15-11/h3-4,6-7,13H,5H2,1-2H3,(H,17,18)(H,14,15,16). The molecule has 2 rings (SSSR count). The van der Waals surface area contributed by atoms with Crippen LogP contribution in [0, 0.1) is 5.41 Å². The summed E-state index contributed by atoms with van der Waals surface area (Å²) < 4.78 is 0. The molecule has 0 aliphatic carbocycles. The molecular formula is C12H15N5O. The summed E-state index contributed by atoms with van der Waals surface area (Å²) in [6.07, 6.45) is 3.65. The van der Waals surface area contributed by atoms with Gasteiger partial charge in [-0.05, 0) is 13.0 Å². The fraction of sp³-hybridized carbons (Fsp3) is 0.333. The van der Waals surface area contributed by atoms with Gasteiger partial charge in [0.05, 0.1) is 11.4 Å². The molecule has 2 aromatic heterocycles. The van der Waals surface area contributed by atoms with Gasteiger partial charge in [0, 0.05) is 31.0 Å². The molecule has 1 unspecified atom stereocenters. The molecule has 0 radical (unpaired) electrons. The number of H-pyrrole nitrogens is 1. The van der Waals surface area contributed by atoms with Gasteiger partial charge in [-0.3, -0.25) is 4.79 Å². The summed E-state index contributed by atoms with van der Waals surface area (Å²) in [5, 5.41) is 11.7. The number of carbonyl (C=O) groups excluding carboxylic acids is 1. The van der Waals surface area contributed by atoms with Crippen LogP contribution in [0.5, 0.6) is 0 Å². The first-order chi connectivity index (χ1) is 8.58. The normalized spacial score (nSPS) is 12.3. The van der Waals surface area contributed by atoms with Crippen molar-refractivity contribution >= 4 is 22.7 Å². The number of amides is 1. The second kappa shape index (κ2) is 4.95. The average Bonchev–Trinajstić information content (AvgIpc) is 2.74. The van der Waals surface area contributed by atoms with E-state index in [4.69, 9.17) is 5.41 Å². The van der Waals surface area contributed by atoms with Crippen LogP contribution in [0.4, 0.5) is 0 Å².